The fourth-order valence-corrected chi connectivity index (χ4v) is 6.51. The van der Waals surface area contributed by atoms with E-state index in [4.69, 9.17) is 9.47 Å². The molecule has 2 heterocycles. The summed E-state index contributed by atoms with van der Waals surface area (Å²) in [7, 11) is -1.55. The van der Waals surface area contributed by atoms with Crippen molar-refractivity contribution in [2.75, 3.05) is 31.0 Å². The average Bonchev–Trinajstić information content (AvgIpc) is 3.17. The van der Waals surface area contributed by atoms with Gasteiger partial charge in [-0.05, 0) is 29.7 Å². The Hall–Kier alpha value is -2.45. The van der Waals surface area contributed by atoms with E-state index in [0.717, 1.165) is 27.5 Å². The summed E-state index contributed by atoms with van der Waals surface area (Å²) < 4.78 is 35.4. The number of amides is 1. The van der Waals surface area contributed by atoms with Crippen LogP contribution in [0.4, 0.5) is 0 Å². The summed E-state index contributed by atoms with van der Waals surface area (Å²) in [5, 5.41) is 0. The highest BCUT2D eigenvalue weighted by molar-refractivity contribution is 8.08. The van der Waals surface area contributed by atoms with Crippen molar-refractivity contribution < 1.29 is 22.7 Å². The molecule has 2 aliphatic heterocycles. The van der Waals surface area contributed by atoms with Crippen molar-refractivity contribution in [3.8, 4) is 5.75 Å². The van der Waals surface area contributed by atoms with Gasteiger partial charge in [0, 0.05) is 18.3 Å². The van der Waals surface area contributed by atoms with Crippen molar-refractivity contribution in [3.63, 3.8) is 0 Å². The van der Waals surface area contributed by atoms with Gasteiger partial charge in [-0.15, -0.1) is 11.8 Å². The van der Waals surface area contributed by atoms with Gasteiger partial charge in [0.05, 0.1) is 30.1 Å². The first-order chi connectivity index (χ1) is 15.0. The fraction of sp³-hybridized carbons (Fsp3) is 0.348. The first-order valence-corrected chi connectivity index (χ1v) is 13.0. The topological polar surface area (TPSA) is 72.9 Å². The number of methoxy groups -OCH3 is 1. The van der Waals surface area contributed by atoms with Gasteiger partial charge in [0.25, 0.3) is 5.91 Å². The minimum absolute atomic E-state index is 0.0179. The van der Waals surface area contributed by atoms with Crippen molar-refractivity contribution in [1.29, 1.82) is 0 Å². The summed E-state index contributed by atoms with van der Waals surface area (Å²) >= 11 is 1.60. The molecule has 6 nitrogen and oxygen atoms in total. The molecule has 0 spiro atoms. The number of nitrogens with zero attached hydrogens (tertiary/aromatic N) is 1. The summed E-state index contributed by atoms with van der Waals surface area (Å²) in [5.74, 6) is 1.62. The van der Waals surface area contributed by atoms with Crippen LogP contribution in [0, 0.1) is 0 Å². The van der Waals surface area contributed by atoms with Gasteiger partial charge in [-0.25, -0.2) is 8.42 Å². The number of ether oxygens (including phenoxy) is 2. The number of carbonyl (C=O) groups excluding carboxylic acids is 1. The molecule has 2 aliphatic rings. The molecular formula is C23H25NO5S2. The van der Waals surface area contributed by atoms with E-state index in [1.807, 2.05) is 54.6 Å². The van der Waals surface area contributed by atoms with Gasteiger partial charge < -0.3 is 14.4 Å². The summed E-state index contributed by atoms with van der Waals surface area (Å²) in [5.41, 5.74) is 1.84. The van der Waals surface area contributed by atoms with Crippen LogP contribution in [-0.2, 0) is 25.9 Å². The first kappa shape index (κ1) is 21.8. The smallest absolute Gasteiger partial charge is 0.290 e. The maximum Gasteiger partial charge on any atom is 0.290 e. The number of sulfone groups is 1. The number of hydrogen-bond donors (Lipinski definition) is 0. The van der Waals surface area contributed by atoms with Crippen LogP contribution in [0.15, 0.2) is 60.4 Å². The number of carbonyl (C=O) groups is 1. The van der Waals surface area contributed by atoms with E-state index in [2.05, 4.69) is 0 Å². The highest BCUT2D eigenvalue weighted by Gasteiger charge is 2.37. The van der Waals surface area contributed by atoms with Crippen LogP contribution in [0.1, 0.15) is 17.5 Å². The SMILES string of the molecule is COc1ccc(CN(C(=O)C2=C(c3ccccc3)SCCO2)C2CCS(=O)(=O)C2)cc1. The molecule has 1 saturated heterocycles. The maximum atomic E-state index is 13.7. The molecule has 4 rings (SSSR count). The predicted molar refractivity (Wildman–Crippen MR) is 122 cm³/mol. The summed E-state index contributed by atoms with van der Waals surface area (Å²) in [6.45, 7) is 0.754. The predicted octanol–water partition coefficient (Wildman–Crippen LogP) is 3.34. The largest absolute Gasteiger partial charge is 0.497 e. The van der Waals surface area contributed by atoms with E-state index >= 15 is 0 Å². The van der Waals surface area contributed by atoms with E-state index in [1.54, 1.807) is 23.8 Å². The molecule has 1 amide bonds. The molecule has 0 bridgehead atoms. The second-order valence-electron chi connectivity index (χ2n) is 7.56. The molecule has 0 aromatic heterocycles. The Morgan fingerprint density at radius 3 is 2.55 bits per heavy atom. The number of hydrogen-bond acceptors (Lipinski definition) is 6. The van der Waals surface area contributed by atoms with Crippen LogP contribution in [0.3, 0.4) is 0 Å². The van der Waals surface area contributed by atoms with Crippen molar-refractivity contribution in [2.45, 2.75) is 19.0 Å². The van der Waals surface area contributed by atoms with E-state index in [1.165, 1.54) is 0 Å². The highest BCUT2D eigenvalue weighted by atomic mass is 32.2. The quantitative estimate of drug-likeness (QED) is 0.660. The van der Waals surface area contributed by atoms with Crippen molar-refractivity contribution in [3.05, 3.63) is 71.5 Å². The Morgan fingerprint density at radius 1 is 1.16 bits per heavy atom. The molecule has 0 radical (unpaired) electrons. The minimum atomic E-state index is -3.15. The van der Waals surface area contributed by atoms with Crippen LogP contribution >= 0.6 is 11.8 Å². The number of rotatable bonds is 6. The molecule has 0 saturated carbocycles. The Bertz CT molecular complexity index is 1060. The molecule has 164 valence electrons. The van der Waals surface area contributed by atoms with Crippen molar-refractivity contribution in [2.24, 2.45) is 0 Å². The lowest BCUT2D eigenvalue weighted by Crippen LogP contribution is -2.42. The first-order valence-electron chi connectivity index (χ1n) is 10.2. The Kier molecular flexibility index (Phi) is 6.57. The minimum Gasteiger partial charge on any atom is -0.497 e. The molecule has 2 aromatic carbocycles. The molecule has 1 fully saturated rings. The second kappa shape index (κ2) is 9.36. The average molecular weight is 460 g/mol. The van der Waals surface area contributed by atoms with Crippen LogP contribution in [0.25, 0.3) is 4.91 Å². The van der Waals surface area contributed by atoms with Crippen LogP contribution in [0.2, 0.25) is 0 Å². The molecule has 2 aromatic rings. The fourth-order valence-electron chi connectivity index (χ4n) is 3.83. The summed E-state index contributed by atoms with van der Waals surface area (Å²) in [6.07, 6.45) is 0.436. The standard InChI is InChI=1S/C23H25NO5S2/c1-28-20-9-7-17(8-10-20)15-24(19-11-14-31(26,27)16-19)23(25)21-22(30-13-12-29-21)18-5-3-2-4-6-18/h2-10,19H,11-16H2,1H3. The monoisotopic (exact) mass is 459 g/mol. The van der Waals surface area contributed by atoms with Gasteiger partial charge in [-0.2, -0.15) is 0 Å². The normalized spacial score (nSPS) is 20.2. The van der Waals surface area contributed by atoms with E-state index < -0.39 is 9.84 Å². The van der Waals surface area contributed by atoms with Crippen LogP contribution in [-0.4, -0.2) is 56.2 Å². The lowest BCUT2D eigenvalue weighted by molar-refractivity contribution is -0.133. The van der Waals surface area contributed by atoms with Crippen LogP contribution in [0.5, 0.6) is 5.75 Å². The lowest BCUT2D eigenvalue weighted by atomic mass is 10.1. The zero-order valence-electron chi connectivity index (χ0n) is 17.3. The number of benzene rings is 2. The van der Waals surface area contributed by atoms with E-state index in [0.29, 0.717) is 25.3 Å². The molecule has 1 atom stereocenters. The summed E-state index contributed by atoms with van der Waals surface area (Å²) in [6, 6.07) is 16.8. The second-order valence-corrected chi connectivity index (χ2v) is 10.9. The Labute approximate surface area is 187 Å². The highest BCUT2D eigenvalue weighted by Crippen LogP contribution is 2.36. The van der Waals surface area contributed by atoms with Gasteiger partial charge >= 0.3 is 0 Å². The summed E-state index contributed by atoms with van der Waals surface area (Å²) in [4.78, 5) is 16.2. The van der Waals surface area contributed by atoms with E-state index in [9.17, 15) is 13.2 Å². The molecule has 1 unspecified atom stereocenters. The van der Waals surface area contributed by atoms with Gasteiger partial charge in [0.2, 0.25) is 0 Å². The zero-order valence-corrected chi connectivity index (χ0v) is 19.0. The van der Waals surface area contributed by atoms with Crippen molar-refractivity contribution >= 4 is 32.4 Å². The third-order valence-corrected chi connectivity index (χ3v) is 8.27. The lowest BCUT2D eigenvalue weighted by Gasteiger charge is -2.31. The third-order valence-electron chi connectivity index (χ3n) is 5.43. The Morgan fingerprint density at radius 2 is 1.90 bits per heavy atom. The van der Waals surface area contributed by atoms with Crippen LogP contribution < -0.4 is 4.74 Å². The van der Waals surface area contributed by atoms with Gasteiger partial charge in [0.1, 0.15) is 5.75 Å². The Balaban J connectivity index is 1.69. The van der Waals surface area contributed by atoms with Gasteiger partial charge in [-0.3, -0.25) is 4.79 Å². The zero-order chi connectivity index (χ0) is 21.8. The number of thioether (sulfide) groups is 1. The van der Waals surface area contributed by atoms with E-state index in [-0.39, 0.29) is 23.5 Å². The molecule has 8 heteroatoms. The van der Waals surface area contributed by atoms with Gasteiger partial charge in [0.15, 0.2) is 15.6 Å². The van der Waals surface area contributed by atoms with Crippen molar-refractivity contribution in [1.82, 2.24) is 4.90 Å². The maximum absolute atomic E-state index is 13.7. The van der Waals surface area contributed by atoms with Gasteiger partial charge in [-0.1, -0.05) is 42.5 Å². The molecule has 0 N–H and O–H groups in total. The molecular weight excluding hydrogens is 434 g/mol. The third kappa shape index (κ3) is 5.07. The molecule has 0 aliphatic carbocycles. The molecule has 31 heavy (non-hydrogen) atoms.